The first-order valence-electron chi connectivity index (χ1n) is 6.81. The van der Waals surface area contributed by atoms with Crippen molar-refractivity contribution in [3.05, 3.63) is 46.5 Å². The molecule has 2 aromatic rings. The molecule has 2 aromatic heterocycles. The van der Waals surface area contributed by atoms with E-state index in [0.29, 0.717) is 6.42 Å². The van der Waals surface area contributed by atoms with Crippen LogP contribution in [0.3, 0.4) is 0 Å². The van der Waals surface area contributed by atoms with Crippen molar-refractivity contribution in [3.63, 3.8) is 0 Å². The predicted molar refractivity (Wildman–Crippen MR) is 76.9 cm³/mol. The smallest absolute Gasteiger partial charge is 0.320 e. The number of carboxylic acid groups (broad SMARTS) is 1. The van der Waals surface area contributed by atoms with E-state index < -0.39 is 12.0 Å². The average molecular weight is 291 g/mol. The second-order valence-electron chi connectivity index (χ2n) is 5.06. The van der Waals surface area contributed by atoms with Crippen molar-refractivity contribution < 1.29 is 14.3 Å². The maximum absolute atomic E-state index is 11.5. The van der Waals surface area contributed by atoms with Gasteiger partial charge in [0, 0.05) is 6.54 Å². The lowest BCUT2D eigenvalue weighted by atomic mass is 9.96. The van der Waals surface area contributed by atoms with Crippen molar-refractivity contribution in [2.24, 2.45) is 0 Å². The Bertz CT molecular complexity index is 515. The molecule has 3 heterocycles. The standard InChI is InChI=1S/C15H17NO3S/c17-15(18)12-4-1-2-7-16(12)14(11-6-9-20-10-11)13-5-3-8-19-13/h3,5-6,8-10,12,14H,1-2,4,7H2,(H,17,18). The highest BCUT2D eigenvalue weighted by molar-refractivity contribution is 7.08. The second kappa shape index (κ2) is 5.81. The van der Waals surface area contributed by atoms with Gasteiger partial charge in [-0.15, -0.1) is 0 Å². The molecule has 1 saturated heterocycles. The highest BCUT2D eigenvalue weighted by atomic mass is 32.1. The van der Waals surface area contributed by atoms with Gasteiger partial charge in [-0.1, -0.05) is 6.42 Å². The number of carboxylic acids is 1. The van der Waals surface area contributed by atoms with E-state index in [9.17, 15) is 9.90 Å². The third kappa shape index (κ3) is 2.51. The van der Waals surface area contributed by atoms with E-state index in [4.69, 9.17) is 4.42 Å². The molecule has 5 heteroatoms. The Morgan fingerprint density at radius 3 is 3.00 bits per heavy atom. The Morgan fingerprint density at radius 2 is 2.35 bits per heavy atom. The summed E-state index contributed by atoms with van der Waals surface area (Å²) in [6.07, 6.45) is 4.36. The van der Waals surface area contributed by atoms with Crippen LogP contribution in [0.1, 0.15) is 36.6 Å². The lowest BCUT2D eigenvalue weighted by Gasteiger charge is -2.38. The summed E-state index contributed by atoms with van der Waals surface area (Å²) in [5.41, 5.74) is 1.11. The van der Waals surface area contributed by atoms with E-state index >= 15 is 0 Å². The molecule has 0 saturated carbocycles. The zero-order valence-electron chi connectivity index (χ0n) is 11.1. The number of furan rings is 1. The molecular formula is C15H17NO3S. The first-order valence-corrected chi connectivity index (χ1v) is 7.75. The minimum atomic E-state index is -0.739. The molecule has 0 spiro atoms. The number of rotatable bonds is 4. The topological polar surface area (TPSA) is 53.7 Å². The molecule has 1 fully saturated rings. The van der Waals surface area contributed by atoms with Gasteiger partial charge in [0.15, 0.2) is 0 Å². The summed E-state index contributed by atoms with van der Waals surface area (Å²) < 4.78 is 5.57. The summed E-state index contributed by atoms with van der Waals surface area (Å²) in [6.45, 7) is 0.790. The highest BCUT2D eigenvalue weighted by Gasteiger charge is 2.36. The second-order valence-corrected chi connectivity index (χ2v) is 5.84. The van der Waals surface area contributed by atoms with Crippen LogP contribution in [0.5, 0.6) is 0 Å². The van der Waals surface area contributed by atoms with E-state index in [-0.39, 0.29) is 6.04 Å². The average Bonchev–Trinajstić information content (AvgIpc) is 3.13. The first kappa shape index (κ1) is 13.4. The van der Waals surface area contributed by atoms with Gasteiger partial charge < -0.3 is 9.52 Å². The minimum absolute atomic E-state index is 0.0994. The van der Waals surface area contributed by atoms with E-state index in [1.165, 1.54) is 0 Å². The maximum atomic E-state index is 11.5. The highest BCUT2D eigenvalue weighted by Crippen LogP contribution is 2.35. The molecule has 0 bridgehead atoms. The number of hydrogen-bond acceptors (Lipinski definition) is 4. The maximum Gasteiger partial charge on any atom is 0.320 e. The Hall–Kier alpha value is -1.59. The van der Waals surface area contributed by atoms with E-state index in [1.54, 1.807) is 17.6 Å². The molecule has 4 nitrogen and oxygen atoms in total. The van der Waals surface area contributed by atoms with Gasteiger partial charge in [0.2, 0.25) is 0 Å². The fourth-order valence-corrected chi connectivity index (χ4v) is 3.60. The van der Waals surface area contributed by atoms with Crippen LogP contribution in [-0.4, -0.2) is 28.6 Å². The summed E-state index contributed by atoms with van der Waals surface area (Å²) in [6, 6.07) is 5.30. The lowest BCUT2D eigenvalue weighted by molar-refractivity contribution is -0.145. The predicted octanol–water partition coefficient (Wildman–Crippen LogP) is 3.37. The summed E-state index contributed by atoms with van der Waals surface area (Å²) in [5.74, 6) is 0.0769. The molecule has 106 valence electrons. The fourth-order valence-electron chi connectivity index (χ4n) is 2.92. The summed E-state index contributed by atoms with van der Waals surface area (Å²) in [5, 5.41) is 13.6. The van der Waals surface area contributed by atoms with Crippen molar-refractivity contribution in [1.82, 2.24) is 4.90 Å². The van der Waals surface area contributed by atoms with Gasteiger partial charge in [0.1, 0.15) is 11.8 Å². The third-order valence-electron chi connectivity index (χ3n) is 3.83. The van der Waals surface area contributed by atoms with Crippen molar-refractivity contribution in [2.45, 2.75) is 31.3 Å². The van der Waals surface area contributed by atoms with E-state index in [0.717, 1.165) is 30.7 Å². The van der Waals surface area contributed by atoms with Crippen LogP contribution in [0.15, 0.2) is 39.6 Å². The zero-order chi connectivity index (χ0) is 13.9. The number of thiophene rings is 1. The molecule has 0 aromatic carbocycles. The summed E-state index contributed by atoms with van der Waals surface area (Å²) in [4.78, 5) is 13.6. The molecule has 0 amide bonds. The molecule has 1 aliphatic rings. The van der Waals surface area contributed by atoms with Gasteiger partial charge in [0.05, 0.1) is 12.3 Å². The Kier molecular flexibility index (Phi) is 3.89. The molecule has 0 aliphatic carbocycles. The number of nitrogens with zero attached hydrogens (tertiary/aromatic N) is 1. The molecule has 2 unspecified atom stereocenters. The van der Waals surface area contributed by atoms with Gasteiger partial charge in [-0.25, -0.2) is 0 Å². The van der Waals surface area contributed by atoms with Gasteiger partial charge in [-0.2, -0.15) is 11.3 Å². The normalized spacial score (nSPS) is 21.7. The van der Waals surface area contributed by atoms with Crippen LogP contribution in [0.2, 0.25) is 0 Å². The number of carbonyl (C=O) groups is 1. The molecule has 2 atom stereocenters. The number of likely N-dealkylation sites (tertiary alicyclic amines) is 1. The molecular weight excluding hydrogens is 274 g/mol. The van der Waals surface area contributed by atoms with Gasteiger partial charge in [0.25, 0.3) is 0 Å². The fraction of sp³-hybridized carbons (Fsp3) is 0.400. The Morgan fingerprint density at radius 1 is 1.45 bits per heavy atom. The first-order chi connectivity index (χ1) is 9.77. The Labute approximate surface area is 121 Å². The summed E-state index contributed by atoms with van der Waals surface area (Å²) in [7, 11) is 0. The van der Waals surface area contributed by atoms with Crippen LogP contribution in [0, 0.1) is 0 Å². The van der Waals surface area contributed by atoms with Gasteiger partial charge in [-0.05, 0) is 47.4 Å². The molecule has 3 rings (SSSR count). The number of hydrogen-bond donors (Lipinski definition) is 1. The Balaban J connectivity index is 1.98. The van der Waals surface area contributed by atoms with Crippen LogP contribution in [-0.2, 0) is 4.79 Å². The molecule has 1 aliphatic heterocycles. The van der Waals surface area contributed by atoms with Crippen LogP contribution in [0.25, 0.3) is 0 Å². The molecule has 0 radical (unpaired) electrons. The van der Waals surface area contributed by atoms with Crippen molar-refractivity contribution >= 4 is 17.3 Å². The zero-order valence-corrected chi connectivity index (χ0v) is 11.9. The van der Waals surface area contributed by atoms with Crippen molar-refractivity contribution in [1.29, 1.82) is 0 Å². The van der Waals surface area contributed by atoms with Crippen LogP contribution >= 0.6 is 11.3 Å². The summed E-state index contributed by atoms with van der Waals surface area (Å²) >= 11 is 1.62. The monoisotopic (exact) mass is 291 g/mol. The number of piperidine rings is 1. The van der Waals surface area contributed by atoms with Crippen molar-refractivity contribution in [3.8, 4) is 0 Å². The van der Waals surface area contributed by atoms with Crippen LogP contribution < -0.4 is 0 Å². The quantitative estimate of drug-likeness (QED) is 0.938. The van der Waals surface area contributed by atoms with Gasteiger partial charge >= 0.3 is 5.97 Å². The SMILES string of the molecule is O=C(O)C1CCCCN1C(c1ccsc1)c1ccco1. The largest absolute Gasteiger partial charge is 0.480 e. The lowest BCUT2D eigenvalue weighted by Crippen LogP contribution is -2.46. The van der Waals surface area contributed by atoms with E-state index in [2.05, 4.69) is 10.3 Å². The third-order valence-corrected chi connectivity index (χ3v) is 4.53. The number of aliphatic carboxylic acids is 1. The minimum Gasteiger partial charge on any atom is -0.480 e. The van der Waals surface area contributed by atoms with Crippen molar-refractivity contribution in [2.75, 3.05) is 6.54 Å². The van der Waals surface area contributed by atoms with Crippen LogP contribution in [0.4, 0.5) is 0 Å². The molecule has 1 N–H and O–H groups in total. The molecule has 20 heavy (non-hydrogen) atoms. The van der Waals surface area contributed by atoms with E-state index in [1.807, 2.05) is 23.6 Å². The van der Waals surface area contributed by atoms with Gasteiger partial charge in [-0.3, -0.25) is 9.69 Å².